The van der Waals surface area contributed by atoms with Crippen LogP contribution in [0.4, 0.5) is 5.82 Å². The second-order valence-electron chi connectivity index (χ2n) is 5.89. The van der Waals surface area contributed by atoms with E-state index < -0.39 is 0 Å². The molecule has 3 rings (SSSR count). The molecule has 2 aliphatic rings. The van der Waals surface area contributed by atoms with Crippen LogP contribution >= 0.6 is 0 Å². The van der Waals surface area contributed by atoms with E-state index in [2.05, 4.69) is 9.97 Å². The number of ether oxygens (including phenoxy) is 1. The minimum absolute atomic E-state index is 0.0250. The van der Waals surface area contributed by atoms with Crippen LogP contribution in [0.3, 0.4) is 0 Å². The third-order valence-corrected chi connectivity index (χ3v) is 4.47. The van der Waals surface area contributed by atoms with Crippen LogP contribution in [0.2, 0.25) is 0 Å². The lowest BCUT2D eigenvalue weighted by Crippen LogP contribution is -2.41. The molecule has 1 saturated heterocycles. The van der Waals surface area contributed by atoms with Gasteiger partial charge >= 0.3 is 0 Å². The summed E-state index contributed by atoms with van der Waals surface area (Å²) in [6.07, 6.45) is 4.94. The number of hydrogen-bond acceptors (Lipinski definition) is 5. The summed E-state index contributed by atoms with van der Waals surface area (Å²) in [5.41, 5.74) is 7.90. The number of methoxy groups -OCH3 is 1. The molecule has 1 aliphatic heterocycles. The minimum atomic E-state index is -0.338. The zero-order valence-electron chi connectivity index (χ0n) is 12.6. The Balaban J connectivity index is 2.02. The number of fused-ring (bicyclic) bond motifs is 1. The highest BCUT2D eigenvalue weighted by atomic mass is 16.5. The molecule has 0 spiro atoms. The fourth-order valence-corrected chi connectivity index (χ4v) is 3.40. The second kappa shape index (κ2) is 5.60. The molecule has 6 heteroatoms. The Morgan fingerprint density at radius 2 is 2.10 bits per heavy atom. The van der Waals surface area contributed by atoms with E-state index in [0.717, 1.165) is 36.6 Å². The number of carbonyl (C=O) groups excluding carboxylic acids is 1. The topological polar surface area (TPSA) is 81.3 Å². The standard InChI is InChI=1S/C15H22N4O2/c1-9-17-12-6-4-3-5-11(12)15(18-9)19-8-10(21-2)7-13(19)14(16)20/h10,13H,3-8H2,1-2H3,(H2,16,20)/t10-,13-/m0/s1. The van der Waals surface area contributed by atoms with Crippen LogP contribution in [0, 0.1) is 6.92 Å². The van der Waals surface area contributed by atoms with Gasteiger partial charge < -0.3 is 15.4 Å². The largest absolute Gasteiger partial charge is 0.380 e. The van der Waals surface area contributed by atoms with Crippen molar-refractivity contribution in [3.8, 4) is 0 Å². The zero-order valence-corrected chi connectivity index (χ0v) is 12.6. The van der Waals surface area contributed by atoms with Crippen LogP contribution in [0.25, 0.3) is 0 Å². The summed E-state index contributed by atoms with van der Waals surface area (Å²) in [5, 5.41) is 0. The molecule has 1 aliphatic carbocycles. The van der Waals surface area contributed by atoms with E-state index in [0.29, 0.717) is 13.0 Å². The van der Waals surface area contributed by atoms with Gasteiger partial charge in [0, 0.05) is 31.3 Å². The van der Waals surface area contributed by atoms with Crippen molar-refractivity contribution in [1.29, 1.82) is 0 Å². The summed E-state index contributed by atoms with van der Waals surface area (Å²) in [6.45, 7) is 2.56. The van der Waals surface area contributed by atoms with Gasteiger partial charge in [-0.1, -0.05) is 0 Å². The number of carbonyl (C=O) groups is 1. The van der Waals surface area contributed by atoms with Crippen molar-refractivity contribution in [2.45, 2.75) is 51.2 Å². The highest BCUT2D eigenvalue weighted by Gasteiger charge is 2.38. The lowest BCUT2D eigenvalue weighted by atomic mass is 9.96. The van der Waals surface area contributed by atoms with Gasteiger partial charge in [-0.3, -0.25) is 4.79 Å². The minimum Gasteiger partial charge on any atom is -0.380 e. The molecule has 0 bridgehead atoms. The number of amides is 1. The molecule has 0 unspecified atom stereocenters. The first-order chi connectivity index (χ1) is 10.1. The molecule has 2 heterocycles. The molecule has 1 fully saturated rings. The average Bonchev–Trinajstić information content (AvgIpc) is 2.90. The number of hydrogen-bond donors (Lipinski definition) is 1. The van der Waals surface area contributed by atoms with Crippen LogP contribution < -0.4 is 10.6 Å². The molecule has 0 saturated carbocycles. The van der Waals surface area contributed by atoms with Crippen molar-refractivity contribution in [3.63, 3.8) is 0 Å². The van der Waals surface area contributed by atoms with Crippen LogP contribution in [0.15, 0.2) is 0 Å². The van der Waals surface area contributed by atoms with Gasteiger partial charge in [-0.25, -0.2) is 9.97 Å². The van der Waals surface area contributed by atoms with Crippen molar-refractivity contribution in [1.82, 2.24) is 9.97 Å². The maximum atomic E-state index is 11.8. The highest BCUT2D eigenvalue weighted by Crippen LogP contribution is 2.33. The summed E-state index contributed by atoms with van der Waals surface area (Å²) in [5.74, 6) is 1.34. The first kappa shape index (κ1) is 14.3. The summed E-state index contributed by atoms with van der Waals surface area (Å²) in [7, 11) is 1.67. The Morgan fingerprint density at radius 1 is 1.33 bits per heavy atom. The molecule has 1 amide bonds. The van der Waals surface area contributed by atoms with Crippen molar-refractivity contribution < 1.29 is 9.53 Å². The molecule has 0 aromatic carbocycles. The third kappa shape index (κ3) is 2.60. The Labute approximate surface area is 124 Å². The fraction of sp³-hybridized carbons (Fsp3) is 0.667. The molecular weight excluding hydrogens is 268 g/mol. The smallest absolute Gasteiger partial charge is 0.240 e. The first-order valence-corrected chi connectivity index (χ1v) is 7.55. The molecular formula is C15H22N4O2. The maximum absolute atomic E-state index is 11.8. The monoisotopic (exact) mass is 290 g/mol. The van der Waals surface area contributed by atoms with E-state index >= 15 is 0 Å². The second-order valence-corrected chi connectivity index (χ2v) is 5.89. The number of aryl methyl sites for hydroxylation is 2. The van der Waals surface area contributed by atoms with Crippen LogP contribution in [0.5, 0.6) is 0 Å². The molecule has 0 radical (unpaired) electrons. The first-order valence-electron chi connectivity index (χ1n) is 7.55. The quantitative estimate of drug-likeness (QED) is 0.888. The third-order valence-electron chi connectivity index (χ3n) is 4.47. The molecule has 1 aromatic heterocycles. The van der Waals surface area contributed by atoms with Gasteiger partial charge in [-0.15, -0.1) is 0 Å². The predicted octanol–water partition coefficient (Wildman–Crippen LogP) is 0.743. The maximum Gasteiger partial charge on any atom is 0.240 e. The van der Waals surface area contributed by atoms with E-state index in [4.69, 9.17) is 10.5 Å². The summed E-state index contributed by atoms with van der Waals surface area (Å²) >= 11 is 0. The lowest BCUT2D eigenvalue weighted by molar-refractivity contribution is -0.119. The van der Waals surface area contributed by atoms with E-state index in [9.17, 15) is 4.79 Å². The van der Waals surface area contributed by atoms with Crippen molar-refractivity contribution >= 4 is 11.7 Å². The number of rotatable bonds is 3. The number of anilines is 1. The van der Waals surface area contributed by atoms with Gasteiger partial charge in [0.25, 0.3) is 0 Å². The van der Waals surface area contributed by atoms with Gasteiger partial charge in [-0.2, -0.15) is 0 Å². The van der Waals surface area contributed by atoms with Gasteiger partial charge in [0.15, 0.2) is 0 Å². The molecule has 1 aromatic rings. The zero-order chi connectivity index (χ0) is 15.0. The Bertz CT molecular complexity index is 561. The van der Waals surface area contributed by atoms with Crippen LogP contribution in [-0.4, -0.2) is 41.7 Å². The summed E-state index contributed by atoms with van der Waals surface area (Å²) in [6, 6.07) is -0.338. The predicted molar refractivity (Wildman–Crippen MR) is 79.2 cm³/mol. The SMILES string of the molecule is CO[C@H]1C[C@@H](C(N)=O)N(c2nc(C)nc3c2CCCC3)C1. The lowest BCUT2D eigenvalue weighted by Gasteiger charge is -2.28. The number of nitrogens with two attached hydrogens (primary N) is 1. The molecule has 2 N–H and O–H groups in total. The Hall–Kier alpha value is -1.69. The van der Waals surface area contributed by atoms with E-state index in [1.54, 1.807) is 7.11 Å². The Kier molecular flexibility index (Phi) is 3.80. The highest BCUT2D eigenvalue weighted by molar-refractivity contribution is 5.84. The van der Waals surface area contributed by atoms with Crippen molar-refractivity contribution in [3.05, 3.63) is 17.1 Å². The Morgan fingerprint density at radius 3 is 2.81 bits per heavy atom. The van der Waals surface area contributed by atoms with Gasteiger partial charge in [-0.05, 0) is 32.6 Å². The van der Waals surface area contributed by atoms with E-state index in [1.165, 1.54) is 12.0 Å². The van der Waals surface area contributed by atoms with Gasteiger partial charge in [0.2, 0.25) is 5.91 Å². The van der Waals surface area contributed by atoms with Crippen molar-refractivity contribution in [2.75, 3.05) is 18.6 Å². The van der Waals surface area contributed by atoms with Crippen LogP contribution in [-0.2, 0) is 22.4 Å². The summed E-state index contributed by atoms with van der Waals surface area (Å²) < 4.78 is 5.42. The molecule has 6 nitrogen and oxygen atoms in total. The summed E-state index contributed by atoms with van der Waals surface area (Å²) in [4.78, 5) is 23.0. The number of nitrogens with zero attached hydrogens (tertiary/aromatic N) is 3. The van der Waals surface area contributed by atoms with Gasteiger partial charge in [0.05, 0.1) is 6.10 Å². The average molecular weight is 290 g/mol. The van der Waals surface area contributed by atoms with Gasteiger partial charge in [0.1, 0.15) is 17.7 Å². The van der Waals surface area contributed by atoms with Crippen molar-refractivity contribution in [2.24, 2.45) is 5.73 Å². The van der Waals surface area contributed by atoms with Crippen LogP contribution in [0.1, 0.15) is 36.3 Å². The molecule has 114 valence electrons. The molecule has 2 atom stereocenters. The molecule has 21 heavy (non-hydrogen) atoms. The number of primary amides is 1. The fourth-order valence-electron chi connectivity index (χ4n) is 3.40. The normalized spacial score (nSPS) is 25.0. The number of aromatic nitrogens is 2. The van der Waals surface area contributed by atoms with E-state index in [1.807, 2.05) is 11.8 Å². The van der Waals surface area contributed by atoms with E-state index in [-0.39, 0.29) is 18.1 Å².